The molecule has 1 atom stereocenters. The summed E-state index contributed by atoms with van der Waals surface area (Å²) in [7, 11) is 0. The van der Waals surface area contributed by atoms with Gasteiger partial charge in [-0.25, -0.2) is 0 Å². The van der Waals surface area contributed by atoms with Gasteiger partial charge in [-0.2, -0.15) is 0 Å². The lowest BCUT2D eigenvalue weighted by Crippen LogP contribution is -3.00. The Labute approximate surface area is 162 Å². The Bertz CT molecular complexity index is 307. The molecule has 0 saturated carbocycles. The fourth-order valence-electron chi connectivity index (χ4n) is 4.81. The molecule has 0 spiro atoms. The van der Waals surface area contributed by atoms with Crippen LogP contribution in [-0.2, 0) is 0 Å². The van der Waals surface area contributed by atoms with Crippen molar-refractivity contribution in [1.82, 2.24) is 0 Å². The van der Waals surface area contributed by atoms with Crippen molar-refractivity contribution in [2.75, 3.05) is 19.6 Å². The van der Waals surface area contributed by atoms with Crippen molar-refractivity contribution in [3.8, 4) is 0 Å². The molecule has 1 heterocycles. The lowest BCUT2D eigenvalue weighted by molar-refractivity contribution is -0.956. The van der Waals surface area contributed by atoms with E-state index in [2.05, 4.69) is 19.1 Å². The molecular formula is C21H40IN. The molecular weight excluding hydrogens is 393 g/mol. The quantitative estimate of drug-likeness (QED) is 0.239. The molecule has 1 aliphatic heterocycles. The highest BCUT2D eigenvalue weighted by molar-refractivity contribution is 4.85. The average Bonchev–Trinajstić information content (AvgIpc) is 2.51. The molecule has 0 bridgehead atoms. The largest absolute Gasteiger partial charge is 1.00 e. The minimum absolute atomic E-state index is 0. The predicted octanol–water partition coefficient (Wildman–Crippen LogP) is 3.24. The van der Waals surface area contributed by atoms with Gasteiger partial charge in [-0.05, 0) is 57.8 Å². The van der Waals surface area contributed by atoms with Gasteiger partial charge in [0.15, 0.2) is 0 Å². The van der Waals surface area contributed by atoms with Gasteiger partial charge < -0.3 is 28.5 Å². The zero-order valence-electron chi connectivity index (χ0n) is 15.6. The molecule has 2 rings (SSSR count). The van der Waals surface area contributed by atoms with Crippen LogP contribution in [0.1, 0.15) is 96.8 Å². The zero-order chi connectivity index (χ0) is 15.5. The van der Waals surface area contributed by atoms with E-state index >= 15 is 0 Å². The van der Waals surface area contributed by atoms with Crippen molar-refractivity contribution in [3.63, 3.8) is 0 Å². The maximum atomic E-state index is 2.46. The van der Waals surface area contributed by atoms with E-state index < -0.39 is 0 Å². The van der Waals surface area contributed by atoms with Crippen molar-refractivity contribution in [1.29, 1.82) is 0 Å². The van der Waals surface area contributed by atoms with Crippen LogP contribution >= 0.6 is 0 Å². The van der Waals surface area contributed by atoms with Crippen molar-refractivity contribution >= 4 is 0 Å². The van der Waals surface area contributed by atoms with E-state index in [0.717, 1.165) is 6.04 Å². The number of hydrogen-bond acceptors (Lipinski definition) is 0. The summed E-state index contributed by atoms with van der Waals surface area (Å²) in [4.78, 5) is 0. The normalized spacial score (nSPS) is 24.5. The lowest BCUT2D eigenvalue weighted by Gasteiger charge is -2.48. The number of quaternary nitrogens is 1. The first-order chi connectivity index (χ1) is 10.9. The summed E-state index contributed by atoms with van der Waals surface area (Å²) in [5, 5.41) is 0. The molecule has 1 saturated heterocycles. The Hall–Kier alpha value is 0.430. The first kappa shape index (κ1) is 21.5. The van der Waals surface area contributed by atoms with E-state index in [0.29, 0.717) is 0 Å². The second kappa shape index (κ2) is 12.7. The molecule has 2 aliphatic rings. The van der Waals surface area contributed by atoms with Crippen molar-refractivity contribution in [2.45, 2.75) is 103 Å². The number of unbranched alkanes of at least 4 members (excludes halogenated alkanes) is 5. The highest BCUT2D eigenvalue weighted by atomic mass is 127. The number of piperidine rings is 1. The molecule has 2 heteroatoms. The Morgan fingerprint density at radius 3 is 2.26 bits per heavy atom. The molecule has 23 heavy (non-hydrogen) atoms. The van der Waals surface area contributed by atoms with Gasteiger partial charge >= 0.3 is 0 Å². The number of nitrogens with zero attached hydrogens (tertiary/aromatic N) is 1. The van der Waals surface area contributed by atoms with E-state index in [1.54, 1.807) is 0 Å². The minimum Gasteiger partial charge on any atom is -1.00 e. The molecule has 0 radical (unpaired) electrons. The van der Waals surface area contributed by atoms with Crippen LogP contribution < -0.4 is 24.0 Å². The Morgan fingerprint density at radius 1 is 0.783 bits per heavy atom. The van der Waals surface area contributed by atoms with Crippen molar-refractivity contribution < 1.29 is 28.5 Å². The van der Waals surface area contributed by atoms with Gasteiger partial charge in [0.2, 0.25) is 0 Å². The second-order valence-electron chi connectivity index (χ2n) is 7.85. The van der Waals surface area contributed by atoms with Crippen LogP contribution in [0.3, 0.4) is 0 Å². The van der Waals surface area contributed by atoms with Gasteiger partial charge in [-0.3, -0.25) is 0 Å². The van der Waals surface area contributed by atoms with Crippen LogP contribution in [0.4, 0.5) is 0 Å². The van der Waals surface area contributed by atoms with Gasteiger partial charge in [0, 0.05) is 6.42 Å². The fourth-order valence-corrected chi connectivity index (χ4v) is 4.81. The van der Waals surface area contributed by atoms with Gasteiger partial charge in [-0.1, -0.05) is 44.8 Å². The molecule has 0 aromatic rings. The third kappa shape index (κ3) is 7.46. The summed E-state index contributed by atoms with van der Waals surface area (Å²) in [6.07, 6.45) is 25.1. The number of likely N-dealkylation sites (tertiary alicyclic amines) is 1. The lowest BCUT2D eigenvalue weighted by atomic mass is 9.93. The number of allylic oxidation sites excluding steroid dienone is 2. The molecule has 0 aromatic carbocycles. The first-order valence-electron chi connectivity index (χ1n) is 10.4. The summed E-state index contributed by atoms with van der Waals surface area (Å²) >= 11 is 0. The van der Waals surface area contributed by atoms with Crippen LogP contribution in [0.25, 0.3) is 0 Å². The molecule has 1 fully saturated rings. The van der Waals surface area contributed by atoms with Crippen molar-refractivity contribution in [3.05, 3.63) is 12.2 Å². The number of hydrogen-bond donors (Lipinski definition) is 0. The summed E-state index contributed by atoms with van der Waals surface area (Å²) < 4.78 is 1.50. The van der Waals surface area contributed by atoms with Crippen LogP contribution in [0.2, 0.25) is 0 Å². The highest BCUT2D eigenvalue weighted by Gasteiger charge is 2.36. The third-order valence-electron chi connectivity index (χ3n) is 6.18. The number of halogens is 1. The number of rotatable bonds is 8. The van der Waals surface area contributed by atoms with Crippen LogP contribution in [0, 0.1) is 0 Å². The topological polar surface area (TPSA) is 0 Å². The average molecular weight is 433 g/mol. The first-order valence-corrected chi connectivity index (χ1v) is 10.4. The predicted molar refractivity (Wildman–Crippen MR) is 98.1 cm³/mol. The molecule has 0 amide bonds. The third-order valence-corrected chi connectivity index (χ3v) is 6.18. The summed E-state index contributed by atoms with van der Waals surface area (Å²) in [6, 6.07) is 0.973. The Morgan fingerprint density at radius 2 is 1.48 bits per heavy atom. The fraction of sp³-hybridized carbons (Fsp3) is 0.905. The Kier molecular flexibility index (Phi) is 11.9. The van der Waals surface area contributed by atoms with E-state index in [-0.39, 0.29) is 24.0 Å². The molecule has 1 unspecified atom stereocenters. The smallest absolute Gasteiger partial charge is 0.0893 e. The molecule has 0 aromatic heterocycles. The summed E-state index contributed by atoms with van der Waals surface area (Å²) in [5.41, 5.74) is 0. The standard InChI is InChI=1S/C21H40N.HI/c1-2-3-4-5-9-13-18-22(19-14-10-15-20-22)21-16-11-7-6-8-12-17-21;/h6-7,21H,2-5,8-20H2,1H3;1H/q+1;/p-1. The molecule has 1 aliphatic carbocycles. The van der Waals surface area contributed by atoms with E-state index in [1.165, 1.54) is 114 Å². The van der Waals surface area contributed by atoms with Gasteiger partial charge in [-0.15, -0.1) is 0 Å². The van der Waals surface area contributed by atoms with Crippen LogP contribution in [-0.4, -0.2) is 30.2 Å². The molecule has 136 valence electrons. The Balaban J connectivity index is 0.00000264. The van der Waals surface area contributed by atoms with Gasteiger partial charge in [0.1, 0.15) is 0 Å². The van der Waals surface area contributed by atoms with Crippen LogP contribution in [0.15, 0.2) is 12.2 Å². The van der Waals surface area contributed by atoms with E-state index in [9.17, 15) is 0 Å². The van der Waals surface area contributed by atoms with Crippen molar-refractivity contribution in [2.24, 2.45) is 0 Å². The maximum Gasteiger partial charge on any atom is 0.0893 e. The zero-order valence-corrected chi connectivity index (χ0v) is 17.7. The monoisotopic (exact) mass is 433 g/mol. The summed E-state index contributed by atoms with van der Waals surface area (Å²) in [6.45, 7) is 6.78. The van der Waals surface area contributed by atoms with Gasteiger partial charge in [0.25, 0.3) is 0 Å². The second-order valence-corrected chi connectivity index (χ2v) is 7.85. The highest BCUT2D eigenvalue weighted by Crippen LogP contribution is 2.30. The SMILES string of the molecule is CCCCCCCC[N+]1(C2CCC=CCCC2)CCCCC1.[I-]. The summed E-state index contributed by atoms with van der Waals surface area (Å²) in [5.74, 6) is 0. The van der Waals surface area contributed by atoms with E-state index in [1.807, 2.05) is 0 Å². The van der Waals surface area contributed by atoms with Gasteiger partial charge in [0.05, 0.1) is 25.7 Å². The minimum atomic E-state index is 0. The maximum absolute atomic E-state index is 2.46. The molecule has 0 N–H and O–H groups in total. The molecule has 1 nitrogen and oxygen atoms in total. The van der Waals surface area contributed by atoms with Crippen LogP contribution in [0.5, 0.6) is 0 Å². The van der Waals surface area contributed by atoms with E-state index in [4.69, 9.17) is 0 Å².